The molecule has 1 aliphatic carbocycles. The van der Waals surface area contributed by atoms with Crippen molar-refractivity contribution in [2.75, 3.05) is 0 Å². The molecule has 2 aromatic carbocycles. The molecule has 4 rings (SSSR count). The van der Waals surface area contributed by atoms with Crippen LogP contribution in [0.2, 0.25) is 11.6 Å². The first-order valence-electron chi connectivity index (χ1n) is 9.86. The molecule has 1 aliphatic rings. The zero-order valence-corrected chi connectivity index (χ0v) is 20.1. The minimum Gasteiger partial charge on any atom is -0.329 e. The van der Waals surface area contributed by atoms with E-state index in [2.05, 4.69) is 88.6 Å². The minimum atomic E-state index is -2.16. The Bertz CT molecular complexity index is 1090. The number of nitrogens with one attached hydrogen (secondary N) is 1. The summed E-state index contributed by atoms with van der Waals surface area (Å²) in [5, 5.41) is 3.59. The molecule has 0 saturated heterocycles. The molecule has 3 aromatic rings. The van der Waals surface area contributed by atoms with Crippen LogP contribution in [0.5, 0.6) is 0 Å². The van der Waals surface area contributed by atoms with Gasteiger partial charge in [0.15, 0.2) is 8.24 Å². The van der Waals surface area contributed by atoms with Crippen LogP contribution in [0.1, 0.15) is 50.6 Å². The largest absolute Gasteiger partial charge is 0.329 e. The summed E-state index contributed by atoms with van der Waals surface area (Å²) in [5.74, 6) is 0. The van der Waals surface area contributed by atoms with Crippen LogP contribution in [0.15, 0.2) is 54.1 Å². The second kappa shape index (κ2) is 6.84. The highest BCUT2D eigenvalue weighted by atomic mass is 35.5. The van der Waals surface area contributed by atoms with Crippen LogP contribution in [-0.2, 0) is 0 Å². The molecule has 1 N–H and O–H groups in total. The molecule has 146 valence electrons. The van der Waals surface area contributed by atoms with Gasteiger partial charge >= 0.3 is 0 Å². The maximum absolute atomic E-state index is 6.44. The highest BCUT2D eigenvalue weighted by Gasteiger charge is 2.48. The Morgan fingerprint density at radius 2 is 1.75 bits per heavy atom. The molecule has 4 heteroatoms. The van der Waals surface area contributed by atoms with Gasteiger partial charge in [0.05, 0.1) is 0 Å². The average molecular weight is 426 g/mol. The Morgan fingerprint density at radius 1 is 1.04 bits per heavy atom. The number of allylic oxidation sites excluding steroid dienone is 2. The standard InChI is InChI=1S/C24H28ClNSSi/c1-15-16(2)23(22-21(15)19-12-7-8-13-20(19)27-22)28(6,26-24(3,4)5)18-11-9-10-17(25)14-18/h7-14,23,26H,1-6H3. The van der Waals surface area contributed by atoms with Gasteiger partial charge in [0.25, 0.3) is 0 Å². The Kier molecular flexibility index (Phi) is 4.86. The van der Waals surface area contributed by atoms with E-state index < -0.39 is 8.24 Å². The van der Waals surface area contributed by atoms with Gasteiger partial charge in [0.1, 0.15) is 0 Å². The number of hydrogen-bond acceptors (Lipinski definition) is 2. The van der Waals surface area contributed by atoms with Gasteiger partial charge in [-0.1, -0.05) is 54.1 Å². The topological polar surface area (TPSA) is 12.0 Å². The molecule has 1 aromatic heterocycles. The summed E-state index contributed by atoms with van der Waals surface area (Å²) in [6, 6.07) is 17.4. The molecule has 2 atom stereocenters. The van der Waals surface area contributed by atoms with Gasteiger partial charge in [-0.2, -0.15) is 0 Å². The second-order valence-electron chi connectivity index (χ2n) is 9.17. The van der Waals surface area contributed by atoms with Gasteiger partial charge < -0.3 is 4.98 Å². The van der Waals surface area contributed by atoms with E-state index in [1.807, 2.05) is 17.4 Å². The van der Waals surface area contributed by atoms with Crippen molar-refractivity contribution in [1.29, 1.82) is 0 Å². The third kappa shape index (κ3) is 3.19. The first kappa shape index (κ1) is 19.9. The fourth-order valence-corrected chi connectivity index (χ4v) is 12.2. The van der Waals surface area contributed by atoms with Crippen LogP contribution >= 0.6 is 22.9 Å². The molecule has 2 unspecified atom stereocenters. The van der Waals surface area contributed by atoms with Crippen molar-refractivity contribution >= 4 is 52.0 Å². The fraction of sp³-hybridized carbons (Fsp3) is 0.333. The lowest BCUT2D eigenvalue weighted by Gasteiger charge is -2.41. The van der Waals surface area contributed by atoms with Crippen LogP contribution in [0.4, 0.5) is 0 Å². The maximum atomic E-state index is 6.44. The third-order valence-corrected chi connectivity index (χ3v) is 12.3. The molecular weight excluding hydrogens is 398 g/mol. The molecule has 0 radical (unpaired) electrons. The molecule has 28 heavy (non-hydrogen) atoms. The van der Waals surface area contributed by atoms with Crippen molar-refractivity contribution in [2.45, 2.75) is 52.2 Å². The van der Waals surface area contributed by atoms with Crippen molar-refractivity contribution in [1.82, 2.24) is 4.98 Å². The third-order valence-electron chi connectivity index (χ3n) is 5.92. The number of fused-ring (bicyclic) bond motifs is 3. The van der Waals surface area contributed by atoms with Gasteiger partial charge in [-0.05, 0) is 69.1 Å². The smallest absolute Gasteiger partial charge is 0.167 e. The van der Waals surface area contributed by atoms with Crippen LogP contribution in [0.25, 0.3) is 15.7 Å². The zero-order valence-electron chi connectivity index (χ0n) is 17.5. The molecule has 0 aliphatic heterocycles. The zero-order chi connectivity index (χ0) is 20.3. The molecule has 0 amide bonds. The maximum Gasteiger partial charge on any atom is 0.167 e. The monoisotopic (exact) mass is 425 g/mol. The van der Waals surface area contributed by atoms with Crippen LogP contribution in [0, 0.1) is 0 Å². The Labute approximate surface area is 178 Å². The van der Waals surface area contributed by atoms with E-state index in [0.717, 1.165) is 5.02 Å². The molecule has 0 spiro atoms. The lowest BCUT2D eigenvalue weighted by Crippen LogP contribution is -2.67. The fourth-order valence-electron chi connectivity index (χ4n) is 4.86. The highest BCUT2D eigenvalue weighted by Crippen LogP contribution is 2.52. The molecule has 0 fully saturated rings. The minimum absolute atomic E-state index is 0.0247. The highest BCUT2D eigenvalue weighted by molar-refractivity contribution is 7.20. The molecule has 0 bridgehead atoms. The lowest BCUT2D eigenvalue weighted by atomic mass is 10.1. The van der Waals surface area contributed by atoms with Crippen molar-refractivity contribution in [2.24, 2.45) is 0 Å². The Morgan fingerprint density at radius 3 is 2.43 bits per heavy atom. The summed E-state index contributed by atoms with van der Waals surface area (Å²) < 4.78 is 1.39. The first-order chi connectivity index (χ1) is 13.1. The number of rotatable bonds is 3. The number of thiophene rings is 1. The summed E-state index contributed by atoms with van der Waals surface area (Å²) in [5.41, 5.74) is 4.88. The predicted molar refractivity (Wildman–Crippen MR) is 128 cm³/mol. The van der Waals surface area contributed by atoms with Crippen LogP contribution in [0.3, 0.4) is 0 Å². The van der Waals surface area contributed by atoms with Crippen molar-refractivity contribution < 1.29 is 0 Å². The SMILES string of the molecule is CC1=C(C)C([Si](C)(NC(C)(C)C)c2cccc(Cl)c2)c2sc3ccccc3c21. The number of halogens is 1. The lowest BCUT2D eigenvalue weighted by molar-refractivity contribution is 0.510. The van der Waals surface area contributed by atoms with Crippen molar-refractivity contribution in [3.8, 4) is 0 Å². The molecule has 0 saturated carbocycles. The first-order valence-corrected chi connectivity index (χ1v) is 13.6. The van der Waals surface area contributed by atoms with E-state index in [1.54, 1.807) is 0 Å². The number of benzene rings is 2. The van der Waals surface area contributed by atoms with Crippen molar-refractivity contribution in [3.63, 3.8) is 0 Å². The molecule has 1 nitrogen and oxygen atoms in total. The van der Waals surface area contributed by atoms with E-state index >= 15 is 0 Å². The summed E-state index contributed by atoms with van der Waals surface area (Å²) in [7, 11) is -2.16. The van der Waals surface area contributed by atoms with E-state index in [4.69, 9.17) is 11.6 Å². The second-order valence-corrected chi connectivity index (χ2v) is 14.5. The quantitative estimate of drug-likeness (QED) is 0.452. The van der Waals surface area contributed by atoms with Gasteiger partial charge in [-0.3, -0.25) is 0 Å². The molecule has 1 heterocycles. The normalized spacial score (nSPS) is 19.2. The van der Waals surface area contributed by atoms with E-state index in [-0.39, 0.29) is 5.54 Å². The van der Waals surface area contributed by atoms with Gasteiger partial charge in [-0.15, -0.1) is 11.3 Å². The average Bonchev–Trinajstić information content (AvgIpc) is 3.09. The van der Waals surface area contributed by atoms with Crippen LogP contribution in [-0.4, -0.2) is 13.8 Å². The Balaban J connectivity index is 1.98. The van der Waals surface area contributed by atoms with Crippen molar-refractivity contribution in [3.05, 3.63) is 69.6 Å². The number of hydrogen-bond donors (Lipinski definition) is 1. The van der Waals surface area contributed by atoms with Crippen LogP contribution < -0.4 is 10.2 Å². The molecular formula is C24H28ClNSSi. The Hall–Kier alpha value is -1.39. The summed E-state index contributed by atoms with van der Waals surface area (Å²) >= 11 is 8.42. The van der Waals surface area contributed by atoms with Gasteiger partial charge in [0, 0.05) is 31.1 Å². The van der Waals surface area contributed by atoms with E-state index in [9.17, 15) is 0 Å². The van der Waals surface area contributed by atoms with E-state index in [1.165, 1.54) is 36.9 Å². The van der Waals surface area contributed by atoms with Gasteiger partial charge in [0.2, 0.25) is 0 Å². The van der Waals surface area contributed by atoms with E-state index in [0.29, 0.717) is 5.54 Å². The summed E-state index contributed by atoms with van der Waals surface area (Å²) in [6.45, 7) is 13.9. The summed E-state index contributed by atoms with van der Waals surface area (Å²) in [4.78, 5) is 5.64. The summed E-state index contributed by atoms with van der Waals surface area (Å²) in [6.07, 6.45) is 0. The predicted octanol–water partition coefficient (Wildman–Crippen LogP) is 6.86. The van der Waals surface area contributed by atoms with Gasteiger partial charge in [-0.25, -0.2) is 0 Å².